The second-order valence-electron chi connectivity index (χ2n) is 10.2. The van der Waals surface area contributed by atoms with Gasteiger partial charge < -0.3 is 14.4 Å². The minimum absolute atomic E-state index is 0.0468. The lowest BCUT2D eigenvalue weighted by atomic mass is 9.59. The third-order valence-corrected chi connectivity index (χ3v) is 7.85. The van der Waals surface area contributed by atoms with E-state index in [1.54, 1.807) is 6.07 Å². The molecule has 0 amide bonds. The number of carbonyl (C=O) groups is 1. The Morgan fingerprint density at radius 3 is 2.41 bits per heavy atom. The van der Waals surface area contributed by atoms with Crippen LogP contribution in [-0.4, -0.2) is 16.2 Å². The molecule has 1 heterocycles. The van der Waals surface area contributed by atoms with Crippen LogP contribution < -0.4 is 4.74 Å². The van der Waals surface area contributed by atoms with E-state index < -0.39 is 5.97 Å². The number of benzene rings is 2. The third-order valence-electron chi connectivity index (χ3n) is 7.85. The van der Waals surface area contributed by atoms with Crippen LogP contribution in [0.1, 0.15) is 93.7 Å². The van der Waals surface area contributed by atoms with Gasteiger partial charge in [-0.25, -0.2) is 0 Å². The summed E-state index contributed by atoms with van der Waals surface area (Å²) in [6.07, 6.45) is 6.18. The first-order valence-corrected chi connectivity index (χ1v) is 12.3. The Balaban J connectivity index is 1.51. The predicted molar refractivity (Wildman–Crippen MR) is 132 cm³/mol. The number of fused-ring (bicyclic) bond motifs is 1. The number of carboxylic acid groups (broad SMARTS) is 1. The quantitative estimate of drug-likeness (QED) is 0.372. The molecule has 0 radical (unpaired) electrons. The molecule has 1 unspecified atom stereocenters. The number of aliphatic carboxylic acids is 1. The summed E-state index contributed by atoms with van der Waals surface area (Å²) in [7, 11) is 0. The lowest BCUT2D eigenvalue weighted by Crippen LogP contribution is -2.37. The van der Waals surface area contributed by atoms with E-state index in [0.29, 0.717) is 12.3 Å². The van der Waals surface area contributed by atoms with Crippen LogP contribution in [0.5, 0.6) is 5.75 Å². The van der Waals surface area contributed by atoms with E-state index in [-0.39, 0.29) is 23.2 Å². The summed E-state index contributed by atoms with van der Waals surface area (Å²) in [6.45, 7) is 9.84. The van der Waals surface area contributed by atoms with Gasteiger partial charge in [0.1, 0.15) is 18.6 Å². The molecule has 0 saturated heterocycles. The second-order valence-corrected chi connectivity index (χ2v) is 10.2. The Labute approximate surface area is 202 Å². The minimum atomic E-state index is -0.876. The summed E-state index contributed by atoms with van der Waals surface area (Å²) in [5.41, 5.74) is 6.09. The summed E-state index contributed by atoms with van der Waals surface area (Å²) in [6, 6.07) is 16.2. The van der Waals surface area contributed by atoms with E-state index in [1.165, 1.54) is 35.8 Å². The van der Waals surface area contributed by atoms with Gasteiger partial charge in [-0.15, -0.1) is 0 Å². The van der Waals surface area contributed by atoms with Crippen LogP contribution in [0.15, 0.2) is 59.3 Å². The van der Waals surface area contributed by atoms with Crippen molar-refractivity contribution in [1.82, 2.24) is 5.16 Å². The lowest BCUT2D eigenvalue weighted by Gasteiger charge is -2.45. The van der Waals surface area contributed by atoms with Crippen molar-refractivity contribution < 1.29 is 19.2 Å². The molecular weight excluding hydrogens is 426 g/mol. The molecule has 0 bridgehead atoms. The van der Waals surface area contributed by atoms with E-state index >= 15 is 0 Å². The van der Waals surface area contributed by atoms with Gasteiger partial charge in [0.25, 0.3) is 0 Å². The molecule has 4 rings (SSSR count). The van der Waals surface area contributed by atoms with Crippen LogP contribution in [-0.2, 0) is 22.2 Å². The molecular formula is C29H35NO4. The molecule has 5 nitrogen and oxygen atoms in total. The number of hydrogen-bond acceptors (Lipinski definition) is 4. The number of hydrogen-bond donors (Lipinski definition) is 1. The summed E-state index contributed by atoms with van der Waals surface area (Å²) >= 11 is 0. The van der Waals surface area contributed by atoms with Crippen molar-refractivity contribution in [1.29, 1.82) is 0 Å². The molecule has 1 aliphatic carbocycles. The molecule has 0 fully saturated rings. The minimum Gasteiger partial charge on any atom is -0.489 e. The van der Waals surface area contributed by atoms with E-state index in [2.05, 4.69) is 51.1 Å². The maximum Gasteiger partial charge on any atom is 0.304 e. The predicted octanol–water partition coefficient (Wildman–Crippen LogP) is 6.99. The highest BCUT2D eigenvalue weighted by Gasteiger charge is 2.40. The number of ether oxygens (including phenoxy) is 1. The summed E-state index contributed by atoms with van der Waals surface area (Å²) in [5.74, 6) is -0.474. The van der Waals surface area contributed by atoms with Gasteiger partial charge in [-0.3, -0.25) is 4.79 Å². The van der Waals surface area contributed by atoms with Crippen molar-refractivity contribution in [2.24, 2.45) is 0 Å². The van der Waals surface area contributed by atoms with Crippen molar-refractivity contribution >= 4 is 5.97 Å². The van der Waals surface area contributed by atoms with E-state index in [4.69, 9.17) is 9.26 Å². The molecule has 1 aliphatic rings. The number of aromatic nitrogens is 1. The summed E-state index contributed by atoms with van der Waals surface area (Å²) in [4.78, 5) is 11.4. The molecule has 0 saturated carbocycles. The monoisotopic (exact) mass is 461 g/mol. The smallest absolute Gasteiger partial charge is 0.304 e. The van der Waals surface area contributed by atoms with Gasteiger partial charge in [-0.1, -0.05) is 63.2 Å². The second kappa shape index (κ2) is 9.65. The van der Waals surface area contributed by atoms with E-state index in [0.717, 1.165) is 24.2 Å². The SMILES string of the molecule is CCC1(CC)CCC(C)(C)c2ccc(COc3ccc(C(CC(=O)O)c4ccon4)cc3)cc21. The Morgan fingerprint density at radius 2 is 1.79 bits per heavy atom. The van der Waals surface area contributed by atoms with Gasteiger partial charge in [-0.05, 0) is 70.9 Å². The van der Waals surface area contributed by atoms with Gasteiger partial charge in [0.2, 0.25) is 0 Å². The average molecular weight is 462 g/mol. The fourth-order valence-electron chi connectivity index (χ4n) is 5.45. The zero-order valence-corrected chi connectivity index (χ0v) is 20.6. The molecule has 3 aromatic rings. The van der Waals surface area contributed by atoms with E-state index in [1.807, 2.05) is 24.3 Å². The molecule has 1 atom stereocenters. The lowest BCUT2D eigenvalue weighted by molar-refractivity contribution is -0.137. The highest BCUT2D eigenvalue weighted by molar-refractivity contribution is 5.68. The van der Waals surface area contributed by atoms with Crippen LogP contribution in [0, 0.1) is 0 Å². The first-order valence-electron chi connectivity index (χ1n) is 12.3. The fraction of sp³-hybridized carbons (Fsp3) is 0.448. The Bertz CT molecular complexity index is 1110. The van der Waals surface area contributed by atoms with E-state index in [9.17, 15) is 9.90 Å². The zero-order chi connectivity index (χ0) is 24.3. The summed E-state index contributed by atoms with van der Waals surface area (Å²) < 4.78 is 11.1. The normalized spacial score (nSPS) is 17.1. The van der Waals surface area contributed by atoms with Crippen LogP contribution in [0.3, 0.4) is 0 Å². The van der Waals surface area contributed by atoms with Crippen molar-refractivity contribution in [3.63, 3.8) is 0 Å². The average Bonchev–Trinajstić information content (AvgIpc) is 3.37. The highest BCUT2D eigenvalue weighted by Crippen LogP contribution is 2.49. The number of carboxylic acids is 1. The Morgan fingerprint density at radius 1 is 1.06 bits per heavy atom. The van der Waals surface area contributed by atoms with Crippen LogP contribution in [0.2, 0.25) is 0 Å². The fourth-order valence-corrected chi connectivity index (χ4v) is 5.45. The molecule has 1 aromatic heterocycles. The summed E-state index contributed by atoms with van der Waals surface area (Å²) in [5, 5.41) is 13.3. The van der Waals surface area contributed by atoms with Crippen molar-refractivity contribution in [3.05, 3.63) is 82.7 Å². The van der Waals surface area contributed by atoms with Crippen LogP contribution in [0.4, 0.5) is 0 Å². The van der Waals surface area contributed by atoms with Crippen molar-refractivity contribution in [2.75, 3.05) is 0 Å². The Hall–Kier alpha value is -3.08. The molecule has 0 aliphatic heterocycles. The Kier molecular flexibility index (Phi) is 6.83. The van der Waals surface area contributed by atoms with Crippen molar-refractivity contribution in [2.45, 2.75) is 83.2 Å². The molecule has 5 heteroatoms. The molecule has 180 valence electrons. The van der Waals surface area contributed by atoms with Gasteiger partial charge >= 0.3 is 5.97 Å². The highest BCUT2D eigenvalue weighted by atomic mass is 16.5. The maximum atomic E-state index is 11.4. The van der Waals surface area contributed by atoms with Gasteiger partial charge in [-0.2, -0.15) is 0 Å². The number of nitrogens with zero attached hydrogens (tertiary/aromatic N) is 1. The first kappa shape index (κ1) is 24.1. The largest absolute Gasteiger partial charge is 0.489 e. The van der Waals surface area contributed by atoms with Crippen LogP contribution in [0.25, 0.3) is 0 Å². The topological polar surface area (TPSA) is 72.6 Å². The molecule has 34 heavy (non-hydrogen) atoms. The van der Waals surface area contributed by atoms with Gasteiger partial charge in [0.05, 0.1) is 12.1 Å². The first-order chi connectivity index (χ1) is 16.3. The zero-order valence-electron chi connectivity index (χ0n) is 20.6. The third kappa shape index (κ3) is 4.75. The maximum absolute atomic E-state index is 11.4. The molecule has 2 aromatic carbocycles. The van der Waals surface area contributed by atoms with Crippen molar-refractivity contribution in [3.8, 4) is 5.75 Å². The van der Waals surface area contributed by atoms with Crippen LogP contribution >= 0.6 is 0 Å². The number of rotatable bonds is 9. The standard InChI is InChI=1S/C29H35NO4/c1-5-29(6-2)15-14-28(3,4)24-12-7-20(17-25(24)29)19-33-22-10-8-21(9-11-22)23(18-27(31)32)26-13-16-34-30-26/h7-13,16-17,23H,5-6,14-15,18-19H2,1-4H3,(H,31,32). The molecule has 1 N–H and O–H groups in total. The molecule has 0 spiro atoms. The van der Waals surface area contributed by atoms with Gasteiger partial charge in [0.15, 0.2) is 0 Å². The van der Waals surface area contributed by atoms with Gasteiger partial charge in [0, 0.05) is 12.0 Å².